The summed E-state index contributed by atoms with van der Waals surface area (Å²) in [4.78, 5) is 0. The van der Waals surface area contributed by atoms with E-state index in [0.717, 1.165) is 13.1 Å². The van der Waals surface area contributed by atoms with Crippen LogP contribution in [0.25, 0.3) is 0 Å². The Morgan fingerprint density at radius 1 is 0.885 bits per heavy atom. The van der Waals surface area contributed by atoms with Crippen molar-refractivity contribution in [3.8, 4) is 0 Å². The average Bonchev–Trinajstić information content (AvgIpc) is 2.97. The normalized spacial score (nSPS) is 16.5. The quantitative estimate of drug-likeness (QED) is 0.412. The van der Waals surface area contributed by atoms with Crippen LogP contribution in [0, 0.1) is 0 Å². The van der Waals surface area contributed by atoms with Gasteiger partial charge in [0.2, 0.25) is 5.84 Å². The predicted octanol–water partition coefficient (Wildman–Crippen LogP) is 2.90. The van der Waals surface area contributed by atoms with Crippen LogP contribution in [0.4, 0.5) is 0 Å². The van der Waals surface area contributed by atoms with Gasteiger partial charge < -0.3 is 12.4 Å². The van der Waals surface area contributed by atoms with Crippen molar-refractivity contribution in [3.05, 3.63) is 35.9 Å². The Balaban J connectivity index is 0.00000338. The molecule has 2 nitrogen and oxygen atoms in total. The lowest BCUT2D eigenvalue weighted by molar-refractivity contribution is -0.572. The van der Waals surface area contributed by atoms with Crippen molar-refractivity contribution in [3.63, 3.8) is 0 Å². The van der Waals surface area contributed by atoms with Crippen LogP contribution in [0.2, 0.25) is 0 Å². The molecule has 1 N–H and O–H groups in total. The maximum absolute atomic E-state index is 3.57. The van der Waals surface area contributed by atoms with E-state index < -0.39 is 0 Å². The third-order valence-electron chi connectivity index (χ3n) is 5.55. The highest BCUT2D eigenvalue weighted by atomic mass is 35.5. The van der Waals surface area contributed by atoms with Gasteiger partial charge in [0.25, 0.3) is 0 Å². The van der Waals surface area contributed by atoms with Gasteiger partial charge in [-0.1, -0.05) is 95.0 Å². The number of benzene rings is 1. The Bertz CT molecular complexity index is 498. The third-order valence-corrected chi connectivity index (χ3v) is 5.55. The molecule has 1 aromatic carbocycles. The van der Waals surface area contributed by atoms with Crippen LogP contribution in [0.5, 0.6) is 0 Å². The van der Waals surface area contributed by atoms with Crippen LogP contribution in [0.3, 0.4) is 0 Å². The van der Waals surface area contributed by atoms with E-state index in [1.165, 1.54) is 82.0 Å². The fourth-order valence-electron chi connectivity index (χ4n) is 3.90. The number of halogens is 1. The number of hydrogen-bond acceptors (Lipinski definition) is 1. The minimum Gasteiger partial charge on any atom is -1.00 e. The summed E-state index contributed by atoms with van der Waals surface area (Å²) in [5.41, 5.74) is 1.42. The number of unbranched alkanes of at least 4 members (excludes halogenated alkanes) is 9. The van der Waals surface area contributed by atoms with Crippen molar-refractivity contribution in [1.29, 1.82) is 0 Å². The first-order chi connectivity index (χ1) is 12.3. The highest BCUT2D eigenvalue weighted by molar-refractivity contribution is 5.75. The zero-order valence-electron chi connectivity index (χ0n) is 17.0. The first kappa shape index (κ1) is 23.0. The van der Waals surface area contributed by atoms with E-state index in [0.29, 0.717) is 6.04 Å². The summed E-state index contributed by atoms with van der Waals surface area (Å²) in [6, 6.07) is 11.5. The van der Waals surface area contributed by atoms with Crippen LogP contribution < -0.4 is 17.7 Å². The van der Waals surface area contributed by atoms with Gasteiger partial charge in [0, 0.05) is 6.92 Å². The molecular weight excluding hydrogens is 340 g/mol. The molecule has 0 radical (unpaired) electrons. The molecular formula is C23H39ClN2. The van der Waals surface area contributed by atoms with Crippen molar-refractivity contribution in [2.24, 2.45) is 0 Å². The molecule has 0 aliphatic carbocycles. The molecule has 148 valence electrons. The van der Waals surface area contributed by atoms with Gasteiger partial charge in [-0.25, -0.2) is 0 Å². The van der Waals surface area contributed by atoms with Crippen LogP contribution >= 0.6 is 0 Å². The lowest BCUT2D eigenvalue weighted by Gasteiger charge is -2.13. The second kappa shape index (κ2) is 14.1. The second-order valence-electron chi connectivity index (χ2n) is 7.70. The van der Waals surface area contributed by atoms with E-state index in [4.69, 9.17) is 0 Å². The molecule has 1 aliphatic rings. The minimum atomic E-state index is 0. The third kappa shape index (κ3) is 8.58. The molecule has 0 bridgehead atoms. The van der Waals surface area contributed by atoms with Crippen molar-refractivity contribution >= 4 is 5.84 Å². The Morgan fingerprint density at radius 2 is 1.46 bits per heavy atom. The highest BCUT2D eigenvalue weighted by Crippen LogP contribution is 2.15. The number of nitrogens with one attached hydrogen (secondary N) is 1. The van der Waals surface area contributed by atoms with Gasteiger partial charge in [-0.2, -0.15) is 0 Å². The summed E-state index contributed by atoms with van der Waals surface area (Å²) in [6.45, 7) is 6.68. The summed E-state index contributed by atoms with van der Waals surface area (Å²) >= 11 is 0. The SMILES string of the molecule is CCCCCCCCCCCCC1CNC(C)=[N+]1Cc1ccccc1.[Cl-]. The van der Waals surface area contributed by atoms with E-state index in [9.17, 15) is 0 Å². The summed E-state index contributed by atoms with van der Waals surface area (Å²) in [5.74, 6) is 1.35. The van der Waals surface area contributed by atoms with Gasteiger partial charge in [0.1, 0.15) is 19.1 Å². The summed E-state index contributed by atoms with van der Waals surface area (Å²) in [6.07, 6.45) is 15.5. The van der Waals surface area contributed by atoms with Crippen molar-refractivity contribution in [1.82, 2.24) is 5.32 Å². The predicted molar refractivity (Wildman–Crippen MR) is 109 cm³/mol. The molecule has 1 atom stereocenters. The second-order valence-corrected chi connectivity index (χ2v) is 7.70. The molecule has 0 saturated heterocycles. The van der Waals surface area contributed by atoms with E-state index in [1.807, 2.05) is 0 Å². The standard InChI is InChI=1S/C23H38N2.ClH/c1-3-4-5-6-7-8-9-10-11-15-18-23-19-24-21(2)25(23)20-22-16-13-12-14-17-22;/h12-14,16-17,23H,3-11,15,18-20H2,1-2H3;1H. The minimum absolute atomic E-state index is 0. The van der Waals surface area contributed by atoms with E-state index >= 15 is 0 Å². The zero-order valence-corrected chi connectivity index (χ0v) is 17.7. The number of hydrogen-bond donors (Lipinski definition) is 1. The first-order valence-electron chi connectivity index (χ1n) is 10.7. The van der Waals surface area contributed by atoms with Crippen molar-refractivity contribution in [2.75, 3.05) is 6.54 Å². The number of amidine groups is 1. The monoisotopic (exact) mass is 378 g/mol. The summed E-state index contributed by atoms with van der Waals surface area (Å²) < 4.78 is 2.57. The van der Waals surface area contributed by atoms with Crippen LogP contribution in [-0.2, 0) is 6.54 Å². The molecule has 1 aliphatic heterocycles. The molecule has 26 heavy (non-hydrogen) atoms. The van der Waals surface area contributed by atoms with Gasteiger partial charge >= 0.3 is 0 Å². The lowest BCUT2D eigenvalue weighted by Crippen LogP contribution is -3.00. The highest BCUT2D eigenvalue weighted by Gasteiger charge is 2.28. The molecule has 1 heterocycles. The van der Waals surface area contributed by atoms with Crippen molar-refractivity contribution < 1.29 is 17.0 Å². The molecule has 0 amide bonds. The van der Waals surface area contributed by atoms with Crippen LogP contribution in [0.1, 0.15) is 90.0 Å². The van der Waals surface area contributed by atoms with Gasteiger partial charge in [0.15, 0.2) is 0 Å². The van der Waals surface area contributed by atoms with Gasteiger partial charge in [0.05, 0.1) is 0 Å². The smallest absolute Gasteiger partial charge is 0.242 e. The molecule has 0 fully saturated rings. The maximum atomic E-state index is 3.57. The zero-order chi connectivity index (χ0) is 17.7. The average molecular weight is 379 g/mol. The van der Waals surface area contributed by atoms with Gasteiger partial charge in [-0.15, -0.1) is 0 Å². The number of nitrogens with zero attached hydrogens (tertiary/aromatic N) is 1. The Kier molecular flexibility index (Phi) is 12.5. The van der Waals surface area contributed by atoms with Gasteiger partial charge in [-0.3, -0.25) is 9.89 Å². The first-order valence-corrected chi connectivity index (χ1v) is 10.7. The van der Waals surface area contributed by atoms with E-state index in [1.54, 1.807) is 0 Å². The lowest BCUT2D eigenvalue weighted by atomic mass is 10.0. The van der Waals surface area contributed by atoms with Gasteiger partial charge in [-0.05, 0) is 18.4 Å². The van der Waals surface area contributed by atoms with Crippen LogP contribution in [0.15, 0.2) is 30.3 Å². The van der Waals surface area contributed by atoms with E-state index in [-0.39, 0.29) is 12.4 Å². The topological polar surface area (TPSA) is 15.0 Å². The molecule has 1 unspecified atom stereocenters. The summed E-state index contributed by atoms with van der Waals surface area (Å²) in [5, 5.41) is 3.57. The molecule has 0 aromatic heterocycles. The Labute approximate surface area is 167 Å². The largest absolute Gasteiger partial charge is 1.00 e. The summed E-state index contributed by atoms with van der Waals surface area (Å²) in [7, 11) is 0. The Morgan fingerprint density at radius 3 is 2.08 bits per heavy atom. The fraction of sp³-hybridized carbons (Fsp3) is 0.696. The number of rotatable bonds is 13. The van der Waals surface area contributed by atoms with Crippen LogP contribution in [-0.4, -0.2) is 23.0 Å². The van der Waals surface area contributed by atoms with Crippen molar-refractivity contribution in [2.45, 2.75) is 97.1 Å². The molecule has 2 rings (SSSR count). The fourth-order valence-corrected chi connectivity index (χ4v) is 3.90. The maximum Gasteiger partial charge on any atom is 0.242 e. The molecule has 0 spiro atoms. The molecule has 3 heteroatoms. The molecule has 0 saturated carbocycles. The molecule has 1 aromatic rings. The van der Waals surface area contributed by atoms with E-state index in [2.05, 4.69) is 54.1 Å². The Hall–Kier alpha value is -1.02.